The van der Waals surface area contributed by atoms with Gasteiger partial charge in [0.25, 0.3) is 0 Å². The number of hydrogen-bond acceptors (Lipinski definition) is 3. The van der Waals surface area contributed by atoms with Crippen molar-refractivity contribution in [1.29, 1.82) is 0 Å². The monoisotopic (exact) mass is 360 g/mol. The fourth-order valence-corrected chi connectivity index (χ4v) is 3.69. The van der Waals surface area contributed by atoms with E-state index in [4.69, 9.17) is 0 Å². The molecular weight excluding hydrogens is 336 g/mol. The Bertz CT molecular complexity index is 834. The molecule has 6 heteroatoms. The molecule has 0 unspecified atom stereocenters. The van der Waals surface area contributed by atoms with Crippen LogP contribution in [0.1, 0.15) is 31.9 Å². The lowest BCUT2D eigenvalue weighted by atomic mass is 10.1. The Labute approximate surface area is 149 Å². The summed E-state index contributed by atoms with van der Waals surface area (Å²) in [6.45, 7) is 7.34. The standard InChI is InChI=1S/C19H24N2O3S/c1-14-5-7-15(8-6-14)13-18(22)20-16-9-11-17(12-10-16)25(23,24)21-19(2,3)4/h5-12,21H,13H2,1-4H3,(H,20,22). The van der Waals surface area contributed by atoms with Crippen molar-refractivity contribution in [3.63, 3.8) is 0 Å². The molecule has 0 aliphatic heterocycles. The molecule has 0 bridgehead atoms. The average molecular weight is 360 g/mol. The van der Waals surface area contributed by atoms with E-state index in [-0.39, 0.29) is 17.2 Å². The van der Waals surface area contributed by atoms with Crippen LogP contribution in [0.2, 0.25) is 0 Å². The number of anilines is 1. The average Bonchev–Trinajstić information content (AvgIpc) is 2.48. The lowest BCUT2D eigenvalue weighted by Gasteiger charge is -2.20. The predicted molar refractivity (Wildman–Crippen MR) is 100 cm³/mol. The number of carbonyl (C=O) groups excluding carboxylic acids is 1. The van der Waals surface area contributed by atoms with Crippen molar-refractivity contribution >= 4 is 21.6 Å². The van der Waals surface area contributed by atoms with Crippen LogP contribution in [0.15, 0.2) is 53.4 Å². The number of nitrogens with one attached hydrogen (secondary N) is 2. The molecule has 2 N–H and O–H groups in total. The summed E-state index contributed by atoms with van der Waals surface area (Å²) in [4.78, 5) is 12.3. The van der Waals surface area contributed by atoms with Crippen molar-refractivity contribution in [2.45, 2.75) is 44.6 Å². The second-order valence-electron chi connectivity index (χ2n) is 7.09. The van der Waals surface area contributed by atoms with Crippen LogP contribution in [0.4, 0.5) is 5.69 Å². The maximum absolute atomic E-state index is 12.3. The zero-order chi connectivity index (χ0) is 18.7. The number of amides is 1. The van der Waals surface area contributed by atoms with Crippen LogP contribution >= 0.6 is 0 Å². The fraction of sp³-hybridized carbons (Fsp3) is 0.316. The first kappa shape index (κ1) is 19.1. The van der Waals surface area contributed by atoms with E-state index in [1.165, 1.54) is 12.1 Å². The number of benzene rings is 2. The first-order chi connectivity index (χ1) is 11.5. The summed E-state index contributed by atoms with van der Waals surface area (Å²) in [7, 11) is -3.58. The molecule has 0 spiro atoms. The number of aryl methyl sites for hydroxylation is 1. The smallest absolute Gasteiger partial charge is 0.241 e. The van der Waals surface area contributed by atoms with Crippen molar-refractivity contribution in [2.24, 2.45) is 0 Å². The van der Waals surface area contributed by atoms with E-state index in [0.29, 0.717) is 5.69 Å². The van der Waals surface area contributed by atoms with Crippen molar-refractivity contribution in [3.8, 4) is 0 Å². The Morgan fingerprint density at radius 2 is 1.52 bits per heavy atom. The maximum atomic E-state index is 12.3. The molecule has 2 aromatic rings. The largest absolute Gasteiger partial charge is 0.326 e. The van der Waals surface area contributed by atoms with Gasteiger partial charge in [0.05, 0.1) is 11.3 Å². The van der Waals surface area contributed by atoms with Crippen LogP contribution < -0.4 is 10.0 Å². The molecule has 0 aliphatic carbocycles. The molecule has 5 nitrogen and oxygen atoms in total. The topological polar surface area (TPSA) is 75.3 Å². The highest BCUT2D eigenvalue weighted by molar-refractivity contribution is 7.89. The second-order valence-corrected chi connectivity index (χ2v) is 8.77. The van der Waals surface area contributed by atoms with Gasteiger partial charge >= 0.3 is 0 Å². The fourth-order valence-electron chi connectivity index (χ4n) is 2.28. The number of sulfonamides is 1. The van der Waals surface area contributed by atoms with E-state index in [1.54, 1.807) is 32.9 Å². The summed E-state index contributed by atoms with van der Waals surface area (Å²) in [5.41, 5.74) is 2.08. The van der Waals surface area contributed by atoms with Crippen LogP contribution in [0.5, 0.6) is 0 Å². The lowest BCUT2D eigenvalue weighted by molar-refractivity contribution is -0.115. The minimum atomic E-state index is -3.58. The molecule has 1 amide bonds. The van der Waals surface area contributed by atoms with Crippen LogP contribution in [0, 0.1) is 6.92 Å². The third-order valence-corrected chi connectivity index (χ3v) is 5.15. The summed E-state index contributed by atoms with van der Waals surface area (Å²) in [6, 6.07) is 13.9. The zero-order valence-electron chi connectivity index (χ0n) is 15.0. The summed E-state index contributed by atoms with van der Waals surface area (Å²) in [6.07, 6.45) is 0.270. The van der Waals surface area contributed by atoms with Crippen molar-refractivity contribution in [3.05, 3.63) is 59.7 Å². The highest BCUT2D eigenvalue weighted by Crippen LogP contribution is 2.16. The molecule has 2 rings (SSSR count). The minimum Gasteiger partial charge on any atom is -0.326 e. The van der Waals surface area contributed by atoms with Crippen LogP contribution in [-0.2, 0) is 21.2 Å². The van der Waals surface area contributed by atoms with Gasteiger partial charge in [0.15, 0.2) is 0 Å². The minimum absolute atomic E-state index is 0.146. The number of carbonyl (C=O) groups is 1. The highest BCUT2D eigenvalue weighted by Gasteiger charge is 2.21. The summed E-state index contributed by atoms with van der Waals surface area (Å²) in [5, 5.41) is 2.78. The molecule has 0 radical (unpaired) electrons. The zero-order valence-corrected chi connectivity index (χ0v) is 15.8. The summed E-state index contributed by atoms with van der Waals surface area (Å²) < 4.78 is 27.1. The van der Waals surface area contributed by atoms with Gasteiger partial charge < -0.3 is 5.32 Å². The Kier molecular flexibility index (Phi) is 5.65. The SMILES string of the molecule is Cc1ccc(CC(=O)Nc2ccc(S(=O)(=O)NC(C)(C)C)cc2)cc1. The molecule has 0 heterocycles. The lowest BCUT2D eigenvalue weighted by Crippen LogP contribution is -2.40. The van der Waals surface area contributed by atoms with E-state index < -0.39 is 15.6 Å². The van der Waals surface area contributed by atoms with E-state index in [9.17, 15) is 13.2 Å². The molecule has 0 saturated heterocycles. The van der Waals surface area contributed by atoms with Crippen LogP contribution in [0.25, 0.3) is 0 Å². The molecule has 0 saturated carbocycles. The Hall–Kier alpha value is -2.18. The molecule has 0 atom stereocenters. The van der Waals surface area contributed by atoms with Crippen molar-refractivity contribution in [2.75, 3.05) is 5.32 Å². The van der Waals surface area contributed by atoms with Gasteiger partial charge in [-0.25, -0.2) is 13.1 Å². The van der Waals surface area contributed by atoms with Gasteiger partial charge in [0.2, 0.25) is 15.9 Å². The maximum Gasteiger partial charge on any atom is 0.241 e. The number of rotatable bonds is 5. The molecule has 25 heavy (non-hydrogen) atoms. The second kappa shape index (κ2) is 7.37. The van der Waals surface area contributed by atoms with Crippen molar-refractivity contribution < 1.29 is 13.2 Å². The van der Waals surface area contributed by atoms with Gasteiger partial charge in [0, 0.05) is 11.2 Å². The third-order valence-electron chi connectivity index (χ3n) is 3.37. The quantitative estimate of drug-likeness (QED) is 0.859. The molecule has 0 aromatic heterocycles. The Morgan fingerprint density at radius 3 is 2.04 bits per heavy atom. The molecule has 0 fully saturated rings. The number of hydrogen-bond donors (Lipinski definition) is 2. The highest BCUT2D eigenvalue weighted by atomic mass is 32.2. The van der Waals surface area contributed by atoms with E-state index >= 15 is 0 Å². The summed E-state index contributed by atoms with van der Waals surface area (Å²) in [5.74, 6) is -0.146. The van der Waals surface area contributed by atoms with E-state index in [0.717, 1.165) is 11.1 Å². The third kappa shape index (κ3) is 5.99. The molecule has 0 aliphatic rings. The Morgan fingerprint density at radius 1 is 0.960 bits per heavy atom. The van der Waals surface area contributed by atoms with Gasteiger partial charge in [-0.15, -0.1) is 0 Å². The molecular formula is C19H24N2O3S. The van der Waals surface area contributed by atoms with Gasteiger partial charge in [-0.05, 0) is 57.5 Å². The Balaban J connectivity index is 2.02. The van der Waals surface area contributed by atoms with Gasteiger partial charge in [-0.3, -0.25) is 4.79 Å². The van der Waals surface area contributed by atoms with Crippen LogP contribution in [-0.4, -0.2) is 19.9 Å². The van der Waals surface area contributed by atoms with Gasteiger partial charge in [0.1, 0.15) is 0 Å². The molecule has 134 valence electrons. The predicted octanol–water partition coefficient (Wildman–Crippen LogP) is 3.25. The van der Waals surface area contributed by atoms with E-state index in [2.05, 4.69) is 10.0 Å². The summed E-state index contributed by atoms with van der Waals surface area (Å²) >= 11 is 0. The first-order valence-electron chi connectivity index (χ1n) is 8.05. The first-order valence-corrected chi connectivity index (χ1v) is 9.53. The van der Waals surface area contributed by atoms with Crippen LogP contribution in [0.3, 0.4) is 0 Å². The van der Waals surface area contributed by atoms with Gasteiger partial charge in [-0.2, -0.15) is 0 Å². The van der Waals surface area contributed by atoms with Crippen molar-refractivity contribution in [1.82, 2.24) is 4.72 Å². The van der Waals surface area contributed by atoms with Gasteiger partial charge in [-0.1, -0.05) is 29.8 Å². The molecule has 2 aromatic carbocycles. The normalized spacial score (nSPS) is 12.0. The van der Waals surface area contributed by atoms with E-state index in [1.807, 2.05) is 31.2 Å².